The largest absolute Gasteiger partial charge is 0.397 e. The highest BCUT2D eigenvalue weighted by Gasteiger charge is 2.18. The van der Waals surface area contributed by atoms with Crippen molar-refractivity contribution >= 4 is 28.7 Å². The Balaban J connectivity index is 2.34. The Morgan fingerprint density at radius 3 is 2.65 bits per heavy atom. The first-order chi connectivity index (χ1) is 9.40. The summed E-state index contributed by atoms with van der Waals surface area (Å²) in [4.78, 5) is 6.04. The molecule has 1 aromatic heterocycles. The fraction of sp³-hybridized carbons (Fsp3) is 0.214. The van der Waals surface area contributed by atoms with Crippen molar-refractivity contribution in [2.24, 2.45) is 0 Å². The van der Waals surface area contributed by atoms with Gasteiger partial charge in [0.2, 0.25) is 0 Å². The highest BCUT2D eigenvalue weighted by Crippen LogP contribution is 2.36. The smallest absolute Gasteiger partial charge is 0.169 e. The first-order valence-electron chi connectivity index (χ1n) is 6.06. The predicted octanol–water partition coefficient (Wildman–Crippen LogP) is 2.98. The molecule has 0 aliphatic rings. The number of aromatic nitrogens is 1. The van der Waals surface area contributed by atoms with Crippen molar-refractivity contribution in [1.82, 2.24) is 4.98 Å². The predicted molar refractivity (Wildman–Crippen MR) is 81.3 cm³/mol. The number of hydrogen-bond acceptors (Lipinski definition) is 4. The Hall–Kier alpha value is -2.01. The van der Waals surface area contributed by atoms with Crippen molar-refractivity contribution in [1.29, 1.82) is 0 Å². The van der Waals surface area contributed by atoms with E-state index in [-0.39, 0.29) is 22.1 Å². The highest BCUT2D eigenvalue weighted by molar-refractivity contribution is 6.33. The summed E-state index contributed by atoms with van der Waals surface area (Å²) in [6.07, 6.45) is 0. The molecule has 0 radical (unpaired) electrons. The van der Waals surface area contributed by atoms with Gasteiger partial charge in [0.25, 0.3) is 0 Å². The van der Waals surface area contributed by atoms with Gasteiger partial charge in [-0.3, -0.25) is 4.98 Å². The van der Waals surface area contributed by atoms with E-state index in [4.69, 9.17) is 23.1 Å². The molecule has 0 unspecified atom stereocenters. The number of nitrogens with two attached hydrogens (primary N) is 2. The lowest BCUT2D eigenvalue weighted by Gasteiger charge is -2.22. The van der Waals surface area contributed by atoms with Gasteiger partial charge < -0.3 is 16.4 Å². The Bertz CT molecular complexity index is 645. The minimum atomic E-state index is -0.612. The third-order valence-electron chi connectivity index (χ3n) is 2.97. The number of rotatable bonds is 3. The van der Waals surface area contributed by atoms with E-state index in [1.807, 2.05) is 25.1 Å². The van der Waals surface area contributed by atoms with Crippen LogP contribution in [0.15, 0.2) is 24.3 Å². The topological polar surface area (TPSA) is 68.2 Å². The van der Waals surface area contributed by atoms with E-state index < -0.39 is 5.82 Å². The van der Waals surface area contributed by atoms with Crippen molar-refractivity contribution in [2.45, 2.75) is 13.5 Å². The SMILES string of the molecule is Cc1cccc(CN(C)c2c(N)cc(N)c(Cl)c2F)n1. The second-order valence-corrected chi connectivity index (χ2v) is 5.04. The first-order valence-corrected chi connectivity index (χ1v) is 6.44. The second-order valence-electron chi connectivity index (χ2n) is 4.66. The fourth-order valence-electron chi connectivity index (χ4n) is 2.05. The minimum absolute atomic E-state index is 0.113. The number of halogens is 2. The van der Waals surface area contributed by atoms with Crippen LogP contribution in [0.25, 0.3) is 0 Å². The Labute approximate surface area is 122 Å². The maximum Gasteiger partial charge on any atom is 0.169 e. The molecule has 20 heavy (non-hydrogen) atoms. The molecule has 2 rings (SSSR count). The normalized spacial score (nSPS) is 10.6. The zero-order valence-corrected chi connectivity index (χ0v) is 12.1. The van der Waals surface area contributed by atoms with Crippen LogP contribution in [0.5, 0.6) is 0 Å². The van der Waals surface area contributed by atoms with Crippen LogP contribution in [-0.4, -0.2) is 12.0 Å². The van der Waals surface area contributed by atoms with Crippen LogP contribution in [-0.2, 0) is 6.54 Å². The summed E-state index contributed by atoms with van der Waals surface area (Å²) in [5.74, 6) is -0.612. The molecule has 4 N–H and O–H groups in total. The summed E-state index contributed by atoms with van der Waals surface area (Å²) in [5.41, 5.74) is 13.7. The molecule has 0 saturated heterocycles. The standard InChI is InChI=1S/C14H16ClFN4/c1-8-4-3-5-9(19-8)7-20(2)14-11(18)6-10(17)12(15)13(14)16/h3-6H,7,17-18H2,1-2H3. The van der Waals surface area contributed by atoms with Crippen LogP contribution < -0.4 is 16.4 Å². The fourth-order valence-corrected chi connectivity index (χ4v) is 2.20. The number of aryl methyl sites for hydroxylation is 1. The Morgan fingerprint density at radius 1 is 1.30 bits per heavy atom. The van der Waals surface area contributed by atoms with Gasteiger partial charge >= 0.3 is 0 Å². The van der Waals surface area contributed by atoms with E-state index in [2.05, 4.69) is 4.98 Å². The maximum atomic E-state index is 14.2. The molecule has 4 nitrogen and oxygen atoms in total. The van der Waals surface area contributed by atoms with Crippen LogP contribution in [0.4, 0.5) is 21.5 Å². The van der Waals surface area contributed by atoms with Crippen molar-refractivity contribution in [3.8, 4) is 0 Å². The van der Waals surface area contributed by atoms with Crippen molar-refractivity contribution in [3.63, 3.8) is 0 Å². The first kappa shape index (κ1) is 14.4. The zero-order valence-electron chi connectivity index (χ0n) is 11.3. The third kappa shape index (κ3) is 2.77. The molecule has 1 heterocycles. The molecule has 1 aromatic carbocycles. The average Bonchev–Trinajstić information content (AvgIpc) is 2.36. The molecule has 0 fully saturated rings. The maximum absolute atomic E-state index is 14.2. The van der Waals surface area contributed by atoms with E-state index in [1.165, 1.54) is 6.07 Å². The number of nitrogen functional groups attached to an aromatic ring is 2. The molecule has 106 valence electrons. The van der Waals surface area contributed by atoms with Gasteiger partial charge in [-0.05, 0) is 25.1 Å². The van der Waals surface area contributed by atoms with Crippen molar-refractivity contribution in [3.05, 3.63) is 46.5 Å². The van der Waals surface area contributed by atoms with Crippen molar-refractivity contribution < 1.29 is 4.39 Å². The van der Waals surface area contributed by atoms with Gasteiger partial charge in [0.05, 0.1) is 29.3 Å². The van der Waals surface area contributed by atoms with Gasteiger partial charge in [-0.2, -0.15) is 0 Å². The van der Waals surface area contributed by atoms with Crippen LogP contribution in [0.2, 0.25) is 5.02 Å². The number of hydrogen-bond donors (Lipinski definition) is 2. The third-order valence-corrected chi connectivity index (χ3v) is 3.35. The van der Waals surface area contributed by atoms with Gasteiger partial charge in [0.1, 0.15) is 5.02 Å². The van der Waals surface area contributed by atoms with Crippen molar-refractivity contribution in [2.75, 3.05) is 23.4 Å². The molecule has 6 heteroatoms. The van der Waals surface area contributed by atoms with Gasteiger partial charge in [0.15, 0.2) is 5.82 Å². The molecule has 2 aromatic rings. The molecule has 0 spiro atoms. The zero-order chi connectivity index (χ0) is 14.9. The van der Waals surface area contributed by atoms with E-state index in [9.17, 15) is 4.39 Å². The Kier molecular flexibility index (Phi) is 3.99. The van der Waals surface area contributed by atoms with E-state index in [0.29, 0.717) is 6.54 Å². The number of pyridine rings is 1. The van der Waals surface area contributed by atoms with Crippen LogP contribution in [0.3, 0.4) is 0 Å². The van der Waals surface area contributed by atoms with Gasteiger partial charge in [-0.1, -0.05) is 17.7 Å². The number of anilines is 3. The summed E-state index contributed by atoms with van der Waals surface area (Å²) >= 11 is 5.83. The minimum Gasteiger partial charge on any atom is -0.397 e. The van der Waals surface area contributed by atoms with E-state index >= 15 is 0 Å². The molecular weight excluding hydrogens is 279 g/mol. The van der Waals surface area contributed by atoms with Gasteiger partial charge in [0, 0.05) is 12.7 Å². The molecule has 0 bridgehead atoms. The lowest BCUT2D eigenvalue weighted by molar-refractivity contribution is 0.623. The Morgan fingerprint density at radius 2 is 2.00 bits per heavy atom. The molecule has 0 atom stereocenters. The summed E-state index contributed by atoms with van der Waals surface area (Å²) in [5, 5.41) is -0.113. The lowest BCUT2D eigenvalue weighted by Crippen LogP contribution is -2.20. The summed E-state index contributed by atoms with van der Waals surface area (Å²) in [6, 6.07) is 7.14. The van der Waals surface area contributed by atoms with Crippen LogP contribution in [0, 0.1) is 12.7 Å². The molecular formula is C14H16ClFN4. The summed E-state index contributed by atoms with van der Waals surface area (Å²) in [6.45, 7) is 2.32. The quantitative estimate of drug-likeness (QED) is 0.854. The number of nitrogens with zero attached hydrogens (tertiary/aromatic N) is 2. The highest BCUT2D eigenvalue weighted by atomic mass is 35.5. The summed E-state index contributed by atoms with van der Waals surface area (Å²) in [7, 11) is 1.73. The average molecular weight is 295 g/mol. The summed E-state index contributed by atoms with van der Waals surface area (Å²) < 4.78 is 14.2. The molecule has 0 aliphatic carbocycles. The van der Waals surface area contributed by atoms with Crippen LogP contribution >= 0.6 is 11.6 Å². The van der Waals surface area contributed by atoms with Gasteiger partial charge in [-0.15, -0.1) is 0 Å². The second kappa shape index (κ2) is 5.54. The van der Waals surface area contributed by atoms with Crippen LogP contribution in [0.1, 0.15) is 11.4 Å². The molecule has 0 aliphatic heterocycles. The number of benzene rings is 1. The van der Waals surface area contributed by atoms with Gasteiger partial charge in [-0.25, -0.2) is 4.39 Å². The molecule has 0 amide bonds. The van der Waals surface area contributed by atoms with E-state index in [1.54, 1.807) is 11.9 Å². The monoisotopic (exact) mass is 294 g/mol. The lowest BCUT2D eigenvalue weighted by atomic mass is 10.2. The molecule has 0 saturated carbocycles. The van der Waals surface area contributed by atoms with E-state index in [0.717, 1.165) is 11.4 Å².